The molecule has 0 aliphatic heterocycles. The Hall–Kier alpha value is -0.870. The van der Waals surface area contributed by atoms with Crippen molar-refractivity contribution in [3.05, 3.63) is 33.8 Å². The molecule has 0 heterocycles. The van der Waals surface area contributed by atoms with Gasteiger partial charge in [-0.2, -0.15) is 5.26 Å². The van der Waals surface area contributed by atoms with Gasteiger partial charge in [-0.25, -0.2) is 4.79 Å². The second-order valence-electron chi connectivity index (χ2n) is 2.97. The monoisotopic (exact) mass is 377 g/mol. The third kappa shape index (κ3) is 5.33. The number of hydrogen-bond acceptors (Lipinski definition) is 5. The van der Waals surface area contributed by atoms with E-state index in [1.807, 2.05) is 0 Å². The Labute approximate surface area is 135 Å². The maximum Gasteiger partial charge on any atom is 0.349 e. The van der Waals surface area contributed by atoms with E-state index >= 15 is 0 Å². The van der Waals surface area contributed by atoms with Crippen molar-refractivity contribution < 1.29 is 9.53 Å². The van der Waals surface area contributed by atoms with Crippen molar-refractivity contribution in [1.29, 1.82) is 5.26 Å². The summed E-state index contributed by atoms with van der Waals surface area (Å²) < 4.78 is 5.13. The molecule has 19 heavy (non-hydrogen) atoms. The Morgan fingerprint density at radius 3 is 2.53 bits per heavy atom. The zero-order chi connectivity index (χ0) is 15.0. The van der Waals surface area contributed by atoms with Crippen LogP contribution in [0.4, 0.5) is 0 Å². The van der Waals surface area contributed by atoms with Crippen molar-refractivity contribution in [2.24, 2.45) is 0 Å². The van der Waals surface area contributed by atoms with E-state index in [0.717, 1.165) is 0 Å². The predicted molar refractivity (Wildman–Crippen MR) is 87.5 cm³/mol. The molecule has 0 rings (SSSR count). The number of nitriles is 1. The van der Waals surface area contributed by atoms with E-state index in [-0.39, 0.29) is 27.5 Å². The number of thiocarbonyl (C=S) groups is 2. The van der Waals surface area contributed by atoms with Gasteiger partial charge in [0.15, 0.2) is 0 Å². The average Bonchev–Trinajstić information content (AvgIpc) is 2.35. The topological polar surface area (TPSA) is 50.1 Å². The molecule has 0 aromatic rings. The zero-order valence-electron chi connectivity index (χ0n) is 9.91. The molecule has 0 spiro atoms. The number of ether oxygens (including phenoxy) is 1. The summed E-state index contributed by atoms with van der Waals surface area (Å²) in [5.74, 6) is -0.790. The van der Waals surface area contributed by atoms with E-state index in [2.05, 4.69) is 22.5 Å². The number of carbonyl (C=O) groups is 1. The number of allylic oxidation sites excluding steroid dienone is 3. The first kappa shape index (κ1) is 18.1. The molecule has 0 bridgehead atoms. The average molecular weight is 379 g/mol. The molecule has 0 unspecified atom stereocenters. The first-order valence-electron chi connectivity index (χ1n) is 4.92. The zero-order valence-corrected chi connectivity index (χ0v) is 13.9. The number of rotatable bonds is 6. The van der Waals surface area contributed by atoms with Crippen molar-refractivity contribution >= 4 is 67.7 Å². The smallest absolute Gasteiger partial charge is 0.349 e. The van der Waals surface area contributed by atoms with E-state index in [1.54, 1.807) is 13.0 Å². The minimum atomic E-state index is -0.790. The third-order valence-corrected chi connectivity index (χ3v) is 3.35. The van der Waals surface area contributed by atoms with Gasteiger partial charge in [0.1, 0.15) is 11.6 Å². The van der Waals surface area contributed by atoms with E-state index < -0.39 is 5.97 Å². The normalized spacial score (nSPS) is 11.5. The number of halogens is 2. The van der Waals surface area contributed by atoms with Crippen LogP contribution in [0.5, 0.6) is 0 Å². The highest BCUT2D eigenvalue weighted by atomic mass is 79.9. The maximum absolute atomic E-state index is 11.7. The van der Waals surface area contributed by atoms with Gasteiger partial charge < -0.3 is 4.74 Å². The van der Waals surface area contributed by atoms with E-state index in [4.69, 9.17) is 46.0 Å². The molecule has 0 radical (unpaired) electrons. The van der Waals surface area contributed by atoms with Crippen LogP contribution in [0.15, 0.2) is 33.8 Å². The summed E-state index contributed by atoms with van der Waals surface area (Å²) in [6.07, 6.45) is 1.35. The lowest BCUT2D eigenvalue weighted by molar-refractivity contribution is -0.138. The molecule has 0 saturated carbocycles. The standard InChI is InChI=1S/C12H9BrClNO2S2/c1-3-17-12(16)8(6-15)10(9(18)4-5-14)11(19)7(2)13/h4-5H,2-3H2,1H3. The third-order valence-electron chi connectivity index (χ3n) is 1.78. The number of carbonyl (C=O) groups excluding carboxylic acids is 1. The molecule has 100 valence electrons. The van der Waals surface area contributed by atoms with Crippen LogP contribution in [0.1, 0.15) is 6.92 Å². The summed E-state index contributed by atoms with van der Waals surface area (Å²) in [5, 5.41) is 9.11. The van der Waals surface area contributed by atoms with Gasteiger partial charge in [0, 0.05) is 20.5 Å². The maximum atomic E-state index is 11.7. The van der Waals surface area contributed by atoms with Crippen molar-refractivity contribution in [3.63, 3.8) is 0 Å². The van der Waals surface area contributed by atoms with E-state index in [9.17, 15) is 4.79 Å². The Morgan fingerprint density at radius 2 is 2.16 bits per heavy atom. The highest BCUT2D eigenvalue weighted by Crippen LogP contribution is 2.20. The second-order valence-corrected chi connectivity index (χ2v) is 5.03. The summed E-state index contributed by atoms with van der Waals surface area (Å²) in [7, 11) is 0. The van der Waals surface area contributed by atoms with Crippen molar-refractivity contribution in [2.45, 2.75) is 6.92 Å². The first-order valence-corrected chi connectivity index (χ1v) is 6.96. The fourth-order valence-electron chi connectivity index (χ4n) is 1.03. The summed E-state index contributed by atoms with van der Waals surface area (Å²) in [4.78, 5) is 12.0. The van der Waals surface area contributed by atoms with Crippen LogP contribution in [0.3, 0.4) is 0 Å². The van der Waals surface area contributed by atoms with Gasteiger partial charge in [0.05, 0.1) is 11.5 Å². The lowest BCUT2D eigenvalue weighted by Crippen LogP contribution is -2.17. The Balaban J connectivity index is 5.99. The van der Waals surface area contributed by atoms with Gasteiger partial charge in [-0.15, -0.1) is 0 Å². The Morgan fingerprint density at radius 1 is 1.58 bits per heavy atom. The SMILES string of the molecule is C=C(Br)C(=S)C(C(=S)C=CCl)=C(C#N)C(=O)OCC. The number of esters is 1. The van der Waals surface area contributed by atoms with Crippen LogP contribution in [0, 0.1) is 11.3 Å². The molecule has 0 aromatic carbocycles. The van der Waals surface area contributed by atoms with Crippen molar-refractivity contribution in [2.75, 3.05) is 6.61 Å². The quantitative estimate of drug-likeness (QED) is 0.305. The molecule has 3 nitrogen and oxygen atoms in total. The van der Waals surface area contributed by atoms with Crippen LogP contribution in [0.25, 0.3) is 0 Å². The van der Waals surface area contributed by atoms with Gasteiger partial charge in [0.25, 0.3) is 0 Å². The molecule has 0 aliphatic carbocycles. The lowest BCUT2D eigenvalue weighted by Gasteiger charge is -2.09. The van der Waals surface area contributed by atoms with Crippen LogP contribution < -0.4 is 0 Å². The molecular weight excluding hydrogens is 370 g/mol. The molecule has 0 aromatic heterocycles. The molecule has 0 N–H and O–H groups in total. The van der Waals surface area contributed by atoms with Crippen molar-refractivity contribution in [3.8, 4) is 6.07 Å². The largest absolute Gasteiger partial charge is 0.462 e. The Kier molecular flexibility index (Phi) is 8.68. The molecule has 0 saturated heterocycles. The van der Waals surface area contributed by atoms with E-state index in [0.29, 0.717) is 4.48 Å². The van der Waals surface area contributed by atoms with Gasteiger partial charge in [0.2, 0.25) is 0 Å². The fourth-order valence-corrected chi connectivity index (χ4v) is 1.98. The minimum Gasteiger partial charge on any atom is -0.462 e. The lowest BCUT2D eigenvalue weighted by atomic mass is 10.0. The second kappa shape index (κ2) is 9.10. The van der Waals surface area contributed by atoms with Gasteiger partial charge >= 0.3 is 5.97 Å². The van der Waals surface area contributed by atoms with Crippen LogP contribution in [0.2, 0.25) is 0 Å². The molecule has 0 amide bonds. The number of hydrogen-bond donors (Lipinski definition) is 0. The summed E-state index contributed by atoms with van der Waals surface area (Å²) in [5.41, 5.74) is 0.999. The molecule has 0 fully saturated rings. The van der Waals surface area contributed by atoms with Crippen LogP contribution >= 0.6 is 52.0 Å². The van der Waals surface area contributed by atoms with E-state index in [1.165, 1.54) is 11.6 Å². The fraction of sp³-hybridized carbons (Fsp3) is 0.167. The summed E-state index contributed by atoms with van der Waals surface area (Å²) in [6.45, 7) is 5.37. The molecule has 7 heteroatoms. The van der Waals surface area contributed by atoms with Crippen LogP contribution in [-0.4, -0.2) is 22.3 Å². The summed E-state index contributed by atoms with van der Waals surface area (Å²) in [6, 6.07) is 1.75. The molecule has 0 atom stereocenters. The van der Waals surface area contributed by atoms with Gasteiger partial charge in [-0.3, -0.25) is 0 Å². The first-order chi connectivity index (χ1) is 8.90. The van der Waals surface area contributed by atoms with Gasteiger partial charge in [-0.1, -0.05) is 42.6 Å². The summed E-state index contributed by atoms with van der Waals surface area (Å²) >= 11 is 18.7. The molecule has 0 aliphatic rings. The number of nitrogens with zero attached hydrogens (tertiary/aromatic N) is 1. The minimum absolute atomic E-state index is 0.102. The predicted octanol–water partition coefficient (Wildman–Crippen LogP) is 3.77. The van der Waals surface area contributed by atoms with Crippen LogP contribution in [-0.2, 0) is 9.53 Å². The van der Waals surface area contributed by atoms with Gasteiger partial charge in [-0.05, 0) is 28.9 Å². The highest BCUT2D eigenvalue weighted by Gasteiger charge is 2.22. The molecular formula is C12H9BrClNO2S2. The highest BCUT2D eigenvalue weighted by molar-refractivity contribution is 9.12. The van der Waals surface area contributed by atoms with Crippen molar-refractivity contribution in [1.82, 2.24) is 0 Å². The Bertz CT molecular complexity index is 532.